The third-order valence-electron chi connectivity index (χ3n) is 11.8. The lowest BCUT2D eigenvalue weighted by atomic mass is 9.92. The first-order valence-electron chi connectivity index (χ1n) is 20.1. The molecule has 0 radical (unpaired) electrons. The van der Waals surface area contributed by atoms with E-state index in [0.717, 1.165) is 72.3 Å². The molecule has 0 atom stereocenters. The average molecular weight is 751 g/mol. The highest BCUT2D eigenvalue weighted by atomic mass is 16.3. The topological polar surface area (TPSA) is 38.9 Å². The van der Waals surface area contributed by atoms with Crippen molar-refractivity contribution in [2.24, 2.45) is 0 Å². The minimum absolute atomic E-state index is 0.689. The van der Waals surface area contributed by atoms with Crippen LogP contribution in [0.1, 0.15) is 0 Å². The zero-order valence-electron chi connectivity index (χ0n) is 31.9. The van der Waals surface area contributed by atoms with Crippen molar-refractivity contribution in [1.82, 2.24) is 9.97 Å². The number of aromatic nitrogens is 2. The highest BCUT2D eigenvalue weighted by Crippen LogP contribution is 2.49. The van der Waals surface area contributed by atoms with Gasteiger partial charge in [0.25, 0.3) is 0 Å². The van der Waals surface area contributed by atoms with Gasteiger partial charge in [-0.1, -0.05) is 158 Å². The van der Waals surface area contributed by atoms with Crippen molar-refractivity contribution in [2.75, 3.05) is 0 Å². The van der Waals surface area contributed by atoms with Gasteiger partial charge in [-0.2, -0.15) is 0 Å². The largest absolute Gasteiger partial charge is 0.456 e. The van der Waals surface area contributed by atoms with Gasteiger partial charge in [-0.15, -0.1) is 0 Å². The van der Waals surface area contributed by atoms with Crippen LogP contribution in [0.25, 0.3) is 122 Å². The van der Waals surface area contributed by atoms with E-state index >= 15 is 0 Å². The lowest BCUT2D eigenvalue weighted by Gasteiger charge is -2.15. The van der Waals surface area contributed by atoms with Crippen molar-refractivity contribution in [3.63, 3.8) is 0 Å². The van der Waals surface area contributed by atoms with Crippen molar-refractivity contribution < 1.29 is 4.42 Å². The highest BCUT2D eigenvalue weighted by Gasteiger charge is 2.23. The van der Waals surface area contributed by atoms with Gasteiger partial charge >= 0.3 is 0 Å². The molecule has 0 saturated carbocycles. The van der Waals surface area contributed by atoms with Crippen LogP contribution in [-0.4, -0.2) is 9.97 Å². The Morgan fingerprint density at radius 1 is 0.271 bits per heavy atom. The molecule has 12 rings (SSSR count). The van der Waals surface area contributed by atoms with E-state index < -0.39 is 0 Å². The van der Waals surface area contributed by atoms with Gasteiger partial charge in [0.05, 0.1) is 11.4 Å². The van der Waals surface area contributed by atoms with E-state index in [-0.39, 0.29) is 0 Å². The van der Waals surface area contributed by atoms with E-state index in [4.69, 9.17) is 14.4 Å². The van der Waals surface area contributed by atoms with E-state index in [1.54, 1.807) is 0 Å². The normalized spacial score (nSPS) is 11.7. The Balaban J connectivity index is 1.09. The number of fused-ring (bicyclic) bond motifs is 6. The number of nitrogens with zero attached hydrogens (tertiary/aromatic N) is 2. The number of benzene rings is 9. The molecule has 0 unspecified atom stereocenters. The summed E-state index contributed by atoms with van der Waals surface area (Å²) in [6, 6.07) is 73.4. The number of para-hydroxylation sites is 1. The molecule has 9 aromatic carbocycles. The fourth-order valence-electron chi connectivity index (χ4n) is 9.00. The zero-order valence-corrected chi connectivity index (χ0v) is 31.9. The summed E-state index contributed by atoms with van der Waals surface area (Å²) in [6.07, 6.45) is 0. The van der Waals surface area contributed by atoms with Crippen molar-refractivity contribution in [3.05, 3.63) is 206 Å². The second kappa shape index (κ2) is 13.4. The maximum absolute atomic E-state index is 6.25. The molecule has 0 bridgehead atoms. The van der Waals surface area contributed by atoms with Crippen molar-refractivity contribution >= 4 is 32.7 Å². The maximum Gasteiger partial charge on any atom is 0.160 e. The minimum atomic E-state index is 0.689. The zero-order chi connectivity index (χ0) is 38.9. The molecule has 3 nitrogen and oxygen atoms in total. The summed E-state index contributed by atoms with van der Waals surface area (Å²) >= 11 is 0. The van der Waals surface area contributed by atoms with E-state index in [1.165, 1.54) is 44.2 Å². The lowest BCUT2D eigenvalue weighted by Crippen LogP contribution is -1.97. The molecular formula is C56H34N2O. The molecule has 1 aliphatic carbocycles. The Bertz CT molecular complexity index is 3410. The Morgan fingerprint density at radius 2 is 0.797 bits per heavy atom. The van der Waals surface area contributed by atoms with Crippen molar-refractivity contribution in [1.29, 1.82) is 0 Å². The van der Waals surface area contributed by atoms with E-state index in [2.05, 4.69) is 188 Å². The van der Waals surface area contributed by atoms with Crippen LogP contribution in [-0.2, 0) is 0 Å². The van der Waals surface area contributed by atoms with Gasteiger partial charge < -0.3 is 4.42 Å². The van der Waals surface area contributed by atoms with Gasteiger partial charge in [-0.3, -0.25) is 0 Å². The van der Waals surface area contributed by atoms with Crippen LogP contribution < -0.4 is 0 Å². The molecule has 2 aromatic heterocycles. The Kier molecular flexibility index (Phi) is 7.54. The van der Waals surface area contributed by atoms with Crippen molar-refractivity contribution in [3.8, 4) is 89.5 Å². The number of furan rings is 1. The summed E-state index contributed by atoms with van der Waals surface area (Å²) in [5.74, 6) is 0.689. The summed E-state index contributed by atoms with van der Waals surface area (Å²) in [6.45, 7) is 0. The molecule has 11 aromatic rings. The number of hydrogen-bond acceptors (Lipinski definition) is 3. The molecule has 0 N–H and O–H groups in total. The Labute approximate surface area is 341 Å². The Hall–Kier alpha value is -7.88. The van der Waals surface area contributed by atoms with Gasteiger partial charge in [0, 0.05) is 27.5 Å². The van der Waals surface area contributed by atoms with E-state index in [1.807, 2.05) is 18.2 Å². The number of hydrogen-bond donors (Lipinski definition) is 0. The molecule has 1 aliphatic rings. The maximum atomic E-state index is 6.25. The first kappa shape index (κ1) is 33.3. The van der Waals surface area contributed by atoms with Gasteiger partial charge in [0.2, 0.25) is 0 Å². The Morgan fingerprint density at radius 3 is 1.59 bits per heavy atom. The molecule has 0 saturated heterocycles. The summed E-state index contributed by atoms with van der Waals surface area (Å²) in [5, 5.41) is 4.67. The summed E-state index contributed by atoms with van der Waals surface area (Å²) < 4.78 is 6.25. The standard InChI is InChI=1S/C56H34N2O/c1-3-13-35(14-4-1)37-17-11-18-38(29-37)40-30-41(39-25-28-54-50(33-39)46-21-9-10-24-53(46)59-54)32-42(31-40)51-34-52(58-56(57-51)36-15-5-2-6-16-36)45-26-27-49-44-20-8-7-19-43(44)47-22-12-23-48(45)55(47)49/h1-34H. The smallest absolute Gasteiger partial charge is 0.160 e. The van der Waals surface area contributed by atoms with Crippen LogP contribution in [0.3, 0.4) is 0 Å². The van der Waals surface area contributed by atoms with Gasteiger partial charge in [-0.25, -0.2) is 9.97 Å². The summed E-state index contributed by atoms with van der Waals surface area (Å²) in [4.78, 5) is 10.7. The highest BCUT2D eigenvalue weighted by molar-refractivity contribution is 6.18. The lowest BCUT2D eigenvalue weighted by molar-refractivity contribution is 0.669. The van der Waals surface area contributed by atoms with Gasteiger partial charge in [0.1, 0.15) is 11.2 Å². The molecule has 0 fully saturated rings. The molecule has 2 heterocycles. The SMILES string of the molecule is c1ccc(-c2cccc(-c3cc(-c4ccc5oc6ccccc6c5c4)cc(-c4cc(-c5ccc6c7c(cccc57)-c5ccccc5-6)nc(-c5ccccc5)n4)c3)c2)cc1. The van der Waals surface area contributed by atoms with E-state index in [9.17, 15) is 0 Å². The first-order valence-corrected chi connectivity index (χ1v) is 20.1. The molecule has 59 heavy (non-hydrogen) atoms. The van der Waals surface area contributed by atoms with Crippen LogP contribution in [0, 0.1) is 0 Å². The molecule has 0 spiro atoms. The van der Waals surface area contributed by atoms with Crippen LogP contribution in [0.5, 0.6) is 0 Å². The predicted molar refractivity (Wildman–Crippen MR) is 244 cm³/mol. The molecule has 0 amide bonds. The monoisotopic (exact) mass is 750 g/mol. The fraction of sp³-hybridized carbons (Fsp3) is 0. The molecule has 274 valence electrons. The summed E-state index contributed by atoms with van der Waals surface area (Å²) in [5.41, 5.74) is 18.5. The second-order valence-corrected chi connectivity index (χ2v) is 15.3. The van der Waals surface area contributed by atoms with Crippen molar-refractivity contribution in [2.45, 2.75) is 0 Å². The predicted octanol–water partition coefficient (Wildman–Crippen LogP) is 15.2. The third kappa shape index (κ3) is 5.59. The quantitative estimate of drug-likeness (QED) is 0.170. The molecule has 3 heteroatoms. The van der Waals surface area contributed by atoms with Crippen LogP contribution >= 0.6 is 0 Å². The van der Waals surface area contributed by atoms with Gasteiger partial charge in [-0.05, 0) is 115 Å². The fourth-order valence-corrected chi connectivity index (χ4v) is 9.00. The van der Waals surface area contributed by atoms with Crippen LogP contribution in [0.4, 0.5) is 0 Å². The minimum Gasteiger partial charge on any atom is -0.456 e. The molecule has 0 aliphatic heterocycles. The second-order valence-electron chi connectivity index (χ2n) is 15.3. The van der Waals surface area contributed by atoms with Crippen LogP contribution in [0.15, 0.2) is 211 Å². The summed E-state index contributed by atoms with van der Waals surface area (Å²) in [7, 11) is 0. The molecular weight excluding hydrogens is 717 g/mol. The first-order chi connectivity index (χ1) is 29.2. The van der Waals surface area contributed by atoms with Gasteiger partial charge in [0.15, 0.2) is 5.82 Å². The van der Waals surface area contributed by atoms with E-state index in [0.29, 0.717) is 5.82 Å². The average Bonchev–Trinajstić information content (AvgIpc) is 3.85. The van der Waals surface area contributed by atoms with Crippen LogP contribution in [0.2, 0.25) is 0 Å². The third-order valence-corrected chi connectivity index (χ3v) is 11.8. The number of rotatable bonds is 6.